The fourth-order valence-corrected chi connectivity index (χ4v) is 1.95. The van der Waals surface area contributed by atoms with Crippen molar-refractivity contribution >= 4 is 11.7 Å². The lowest BCUT2D eigenvalue weighted by Gasteiger charge is -2.03. The maximum atomic E-state index is 5.57. The highest BCUT2D eigenvalue weighted by atomic mass is 16.4. The van der Waals surface area contributed by atoms with E-state index in [9.17, 15) is 0 Å². The molecular weight excluding hydrogens is 216 g/mol. The molecule has 2 heterocycles. The molecule has 3 rings (SSSR count). The first-order chi connectivity index (χ1) is 8.24. The molecule has 1 aromatic heterocycles. The number of benzene rings is 1. The molecule has 1 aliphatic heterocycles. The van der Waals surface area contributed by atoms with Gasteiger partial charge in [-0.1, -0.05) is 5.10 Å². The third-order valence-corrected chi connectivity index (χ3v) is 2.86. The molecule has 1 aliphatic rings. The van der Waals surface area contributed by atoms with Crippen LogP contribution in [0.25, 0.3) is 11.5 Å². The van der Waals surface area contributed by atoms with Crippen molar-refractivity contribution in [2.75, 3.05) is 30.9 Å². The summed E-state index contributed by atoms with van der Waals surface area (Å²) in [5.41, 5.74) is 3.50. The number of nitrogens with zero attached hydrogens (tertiary/aromatic N) is 3. The van der Waals surface area contributed by atoms with E-state index in [-0.39, 0.29) is 0 Å². The average molecular weight is 230 g/mol. The van der Waals surface area contributed by atoms with Crippen LogP contribution in [0.3, 0.4) is 0 Å². The molecule has 0 saturated heterocycles. The van der Waals surface area contributed by atoms with Gasteiger partial charge in [0.15, 0.2) is 0 Å². The summed E-state index contributed by atoms with van der Waals surface area (Å²) in [6.45, 7) is 1.01. The zero-order valence-corrected chi connectivity index (χ0v) is 9.90. The van der Waals surface area contributed by atoms with Crippen LogP contribution in [0.2, 0.25) is 0 Å². The number of aromatic nitrogens is 2. The van der Waals surface area contributed by atoms with E-state index >= 15 is 0 Å². The molecule has 0 spiro atoms. The minimum Gasteiger partial charge on any atom is -0.403 e. The van der Waals surface area contributed by atoms with Crippen LogP contribution in [0.1, 0.15) is 5.56 Å². The molecule has 0 amide bonds. The predicted octanol–water partition coefficient (Wildman–Crippen LogP) is 1.77. The maximum absolute atomic E-state index is 5.57. The third-order valence-electron chi connectivity index (χ3n) is 2.86. The first kappa shape index (κ1) is 10.1. The number of anilines is 2. The molecular formula is C12H14N4O. The highest BCUT2D eigenvalue weighted by Gasteiger charge is 2.14. The molecule has 5 nitrogen and oxygen atoms in total. The van der Waals surface area contributed by atoms with Crippen LogP contribution in [0.5, 0.6) is 0 Å². The molecule has 2 aromatic rings. The average Bonchev–Trinajstić information content (AvgIpc) is 2.97. The van der Waals surface area contributed by atoms with E-state index in [4.69, 9.17) is 4.42 Å². The molecule has 1 N–H and O–H groups in total. The summed E-state index contributed by atoms with van der Waals surface area (Å²) in [7, 11) is 3.76. The number of hydrogen-bond donors (Lipinski definition) is 1. The van der Waals surface area contributed by atoms with Crippen molar-refractivity contribution in [3.8, 4) is 11.5 Å². The summed E-state index contributed by atoms with van der Waals surface area (Å²) in [5, 5.41) is 11.4. The SMILES string of the molecule is CN(C)c1nnc(-c2ccc3c(c2)CCN3)o1. The highest BCUT2D eigenvalue weighted by Crippen LogP contribution is 2.28. The smallest absolute Gasteiger partial charge is 0.317 e. The summed E-state index contributed by atoms with van der Waals surface area (Å²) in [5.74, 6) is 0.573. The van der Waals surface area contributed by atoms with Crippen molar-refractivity contribution in [3.05, 3.63) is 23.8 Å². The van der Waals surface area contributed by atoms with E-state index < -0.39 is 0 Å². The van der Waals surface area contributed by atoms with Crippen molar-refractivity contribution in [2.45, 2.75) is 6.42 Å². The second kappa shape index (κ2) is 3.76. The van der Waals surface area contributed by atoms with E-state index in [1.165, 1.54) is 11.3 Å². The van der Waals surface area contributed by atoms with Crippen LogP contribution in [-0.2, 0) is 6.42 Å². The van der Waals surface area contributed by atoms with E-state index in [1.807, 2.05) is 20.2 Å². The molecule has 17 heavy (non-hydrogen) atoms. The van der Waals surface area contributed by atoms with Crippen LogP contribution in [0, 0.1) is 0 Å². The van der Waals surface area contributed by atoms with Gasteiger partial charge in [0.1, 0.15) is 0 Å². The van der Waals surface area contributed by atoms with Gasteiger partial charge in [-0.15, -0.1) is 5.10 Å². The van der Waals surface area contributed by atoms with Crippen molar-refractivity contribution in [2.24, 2.45) is 0 Å². The molecule has 1 aromatic carbocycles. The molecule has 0 fully saturated rings. The summed E-state index contributed by atoms with van der Waals surface area (Å²) in [4.78, 5) is 1.80. The molecule has 0 aliphatic carbocycles. The molecule has 5 heteroatoms. The molecule has 0 radical (unpaired) electrons. The van der Waals surface area contributed by atoms with Crippen molar-refractivity contribution in [1.29, 1.82) is 0 Å². The second-order valence-electron chi connectivity index (χ2n) is 4.33. The van der Waals surface area contributed by atoms with Crippen molar-refractivity contribution < 1.29 is 4.42 Å². The minimum absolute atomic E-state index is 0.527. The monoisotopic (exact) mass is 230 g/mol. The van der Waals surface area contributed by atoms with Gasteiger partial charge >= 0.3 is 6.01 Å². The number of nitrogens with one attached hydrogen (secondary N) is 1. The maximum Gasteiger partial charge on any atom is 0.317 e. The van der Waals surface area contributed by atoms with E-state index in [2.05, 4.69) is 27.6 Å². The third kappa shape index (κ3) is 1.73. The Balaban J connectivity index is 1.97. The summed E-state index contributed by atoms with van der Waals surface area (Å²) >= 11 is 0. The normalized spacial score (nSPS) is 13.3. The van der Waals surface area contributed by atoms with E-state index in [0.717, 1.165) is 18.5 Å². The Hall–Kier alpha value is -2.04. The predicted molar refractivity (Wildman–Crippen MR) is 66.3 cm³/mol. The summed E-state index contributed by atoms with van der Waals surface area (Å²) in [6, 6.07) is 6.71. The quantitative estimate of drug-likeness (QED) is 0.852. The molecule has 88 valence electrons. The molecule has 0 unspecified atom stereocenters. The first-order valence-corrected chi connectivity index (χ1v) is 5.62. The Bertz CT molecular complexity index is 547. The van der Waals surface area contributed by atoms with Crippen molar-refractivity contribution in [3.63, 3.8) is 0 Å². The van der Waals surface area contributed by atoms with Gasteiger partial charge in [0.25, 0.3) is 0 Å². The van der Waals surface area contributed by atoms with Crippen LogP contribution >= 0.6 is 0 Å². The topological polar surface area (TPSA) is 54.2 Å². The standard InChI is InChI=1S/C12H14N4O/c1-16(2)12-15-14-11(17-12)9-3-4-10-8(7-9)5-6-13-10/h3-4,7,13H,5-6H2,1-2H3. The van der Waals surface area contributed by atoms with Gasteiger partial charge in [0.2, 0.25) is 5.89 Å². The summed E-state index contributed by atoms with van der Waals surface area (Å²) in [6.07, 6.45) is 1.05. The van der Waals surface area contributed by atoms with Gasteiger partial charge in [-0.25, -0.2) is 0 Å². The summed E-state index contributed by atoms with van der Waals surface area (Å²) < 4.78 is 5.57. The number of rotatable bonds is 2. The van der Waals surface area contributed by atoms with Crippen LogP contribution < -0.4 is 10.2 Å². The Morgan fingerprint density at radius 3 is 2.94 bits per heavy atom. The van der Waals surface area contributed by atoms with E-state index in [1.54, 1.807) is 4.90 Å². The zero-order valence-electron chi connectivity index (χ0n) is 9.90. The largest absolute Gasteiger partial charge is 0.403 e. The van der Waals surface area contributed by atoms with Gasteiger partial charge in [-0.3, -0.25) is 0 Å². The fourth-order valence-electron chi connectivity index (χ4n) is 1.95. The van der Waals surface area contributed by atoms with Gasteiger partial charge in [-0.2, -0.15) is 0 Å². The fraction of sp³-hybridized carbons (Fsp3) is 0.333. The first-order valence-electron chi connectivity index (χ1n) is 5.62. The Morgan fingerprint density at radius 2 is 2.18 bits per heavy atom. The molecule has 0 saturated carbocycles. The second-order valence-corrected chi connectivity index (χ2v) is 4.33. The van der Waals surface area contributed by atoms with Gasteiger partial charge in [0, 0.05) is 31.9 Å². The Kier molecular flexibility index (Phi) is 2.24. The lowest BCUT2D eigenvalue weighted by atomic mass is 10.1. The highest BCUT2D eigenvalue weighted by molar-refractivity contribution is 5.65. The van der Waals surface area contributed by atoms with Gasteiger partial charge in [-0.05, 0) is 30.2 Å². The van der Waals surface area contributed by atoms with E-state index in [0.29, 0.717) is 11.9 Å². The molecule has 0 bridgehead atoms. The number of hydrogen-bond acceptors (Lipinski definition) is 5. The molecule has 0 atom stereocenters. The van der Waals surface area contributed by atoms with Gasteiger partial charge < -0.3 is 14.6 Å². The number of fused-ring (bicyclic) bond motifs is 1. The van der Waals surface area contributed by atoms with Crippen LogP contribution in [0.4, 0.5) is 11.7 Å². The van der Waals surface area contributed by atoms with Crippen LogP contribution in [0.15, 0.2) is 22.6 Å². The lowest BCUT2D eigenvalue weighted by molar-refractivity contribution is 0.566. The lowest BCUT2D eigenvalue weighted by Crippen LogP contribution is -2.08. The van der Waals surface area contributed by atoms with Crippen molar-refractivity contribution in [1.82, 2.24) is 10.2 Å². The van der Waals surface area contributed by atoms with Crippen LogP contribution in [-0.4, -0.2) is 30.8 Å². The Labute approximate surface area is 99.5 Å². The Morgan fingerprint density at radius 1 is 1.29 bits per heavy atom. The minimum atomic E-state index is 0.527. The van der Waals surface area contributed by atoms with Gasteiger partial charge in [0.05, 0.1) is 0 Å². The zero-order chi connectivity index (χ0) is 11.8.